The number of nitrogens with one attached hydrogen (secondary N) is 1. The fourth-order valence-corrected chi connectivity index (χ4v) is 2.09. The lowest BCUT2D eigenvalue weighted by Crippen LogP contribution is -2.39. The Morgan fingerprint density at radius 3 is 2.08 bits per heavy atom. The van der Waals surface area contributed by atoms with Gasteiger partial charge < -0.3 is 25.0 Å². The Labute approximate surface area is 154 Å². The van der Waals surface area contributed by atoms with Crippen molar-refractivity contribution in [1.29, 1.82) is 0 Å². The number of esters is 1. The van der Waals surface area contributed by atoms with E-state index in [-0.39, 0.29) is 17.7 Å². The van der Waals surface area contributed by atoms with Crippen molar-refractivity contribution in [2.24, 2.45) is 0 Å². The minimum Gasteiger partial charge on any atom is -0.456 e. The summed E-state index contributed by atoms with van der Waals surface area (Å²) in [4.78, 5) is 24.0. The second kappa shape index (κ2) is 8.51. The summed E-state index contributed by atoms with van der Waals surface area (Å²) in [7, 11) is 0. The molecule has 7 heteroatoms. The van der Waals surface area contributed by atoms with Crippen molar-refractivity contribution < 1.29 is 29.3 Å². The van der Waals surface area contributed by atoms with Gasteiger partial charge in [-0.25, -0.2) is 9.59 Å². The molecule has 0 fully saturated rings. The summed E-state index contributed by atoms with van der Waals surface area (Å²) in [5.74, 6) is -0.598. The number of benzene rings is 1. The van der Waals surface area contributed by atoms with Gasteiger partial charge in [0.05, 0.1) is 5.56 Å². The van der Waals surface area contributed by atoms with Crippen LogP contribution in [0.2, 0.25) is 0 Å². The predicted molar refractivity (Wildman–Crippen MR) is 96.8 cm³/mol. The maximum Gasteiger partial charge on any atom is 0.407 e. The highest BCUT2D eigenvalue weighted by Gasteiger charge is 2.27. The summed E-state index contributed by atoms with van der Waals surface area (Å²) >= 11 is 0. The normalized spacial score (nSPS) is 14.3. The van der Waals surface area contributed by atoms with E-state index in [4.69, 9.17) is 9.47 Å². The number of ether oxygens (including phenoxy) is 2. The molecule has 0 bridgehead atoms. The first kappa shape index (κ1) is 21.9. The van der Waals surface area contributed by atoms with Gasteiger partial charge in [0.1, 0.15) is 23.4 Å². The van der Waals surface area contributed by atoms with E-state index in [1.54, 1.807) is 53.7 Å². The first-order valence-corrected chi connectivity index (χ1v) is 8.45. The van der Waals surface area contributed by atoms with Gasteiger partial charge in [-0.3, -0.25) is 0 Å². The van der Waals surface area contributed by atoms with Gasteiger partial charge in [-0.15, -0.1) is 0 Å². The van der Waals surface area contributed by atoms with Gasteiger partial charge in [-0.1, -0.05) is 18.2 Å². The molecule has 146 valence electrons. The van der Waals surface area contributed by atoms with Crippen molar-refractivity contribution >= 4 is 12.1 Å². The quantitative estimate of drug-likeness (QED) is 0.691. The summed E-state index contributed by atoms with van der Waals surface area (Å²) in [6.07, 6.45) is -3.41. The number of carbonyl (C=O) groups is 2. The van der Waals surface area contributed by atoms with E-state index in [9.17, 15) is 19.8 Å². The Kier molecular flexibility index (Phi) is 7.17. The number of carbonyl (C=O) groups excluding carboxylic acids is 2. The number of alkyl carbamates (subject to hydrolysis) is 1. The van der Waals surface area contributed by atoms with Crippen molar-refractivity contribution in [2.45, 2.75) is 65.0 Å². The third kappa shape index (κ3) is 7.41. The number of aliphatic hydroxyl groups excluding tert-OH is 2. The molecular formula is C19H29NO6. The smallest absolute Gasteiger partial charge is 0.407 e. The fourth-order valence-electron chi connectivity index (χ4n) is 2.09. The zero-order chi connectivity index (χ0) is 20.1. The molecule has 1 rings (SSSR count). The second-order valence-corrected chi connectivity index (χ2v) is 7.98. The minimum atomic E-state index is -1.38. The van der Waals surface area contributed by atoms with Gasteiger partial charge in [-0.2, -0.15) is 0 Å². The highest BCUT2D eigenvalue weighted by atomic mass is 16.6. The largest absolute Gasteiger partial charge is 0.456 e. The van der Waals surface area contributed by atoms with Gasteiger partial charge >= 0.3 is 12.1 Å². The van der Waals surface area contributed by atoms with E-state index in [2.05, 4.69) is 5.32 Å². The number of hydrogen-bond donors (Lipinski definition) is 3. The molecule has 0 spiro atoms. The Balaban J connectivity index is 2.82. The molecule has 1 aromatic carbocycles. The van der Waals surface area contributed by atoms with E-state index in [0.717, 1.165) is 0 Å². The Hall–Kier alpha value is -2.12. The topological polar surface area (TPSA) is 105 Å². The molecule has 0 saturated heterocycles. The number of amides is 1. The molecule has 0 aliphatic rings. The molecule has 1 aromatic rings. The Morgan fingerprint density at radius 1 is 1.00 bits per heavy atom. The summed E-state index contributed by atoms with van der Waals surface area (Å²) in [6.45, 7) is 10.1. The SMILES string of the molecule is CC(C)(C)OC(=O)NCC(O)C(O)c1ccccc1C(=O)OC(C)(C)C. The zero-order valence-corrected chi connectivity index (χ0v) is 16.2. The third-order valence-electron chi connectivity index (χ3n) is 3.12. The fraction of sp³-hybridized carbons (Fsp3) is 0.579. The van der Waals surface area contributed by atoms with Crippen LogP contribution in [-0.2, 0) is 9.47 Å². The maximum atomic E-state index is 12.3. The van der Waals surface area contributed by atoms with Crippen LogP contribution in [0.5, 0.6) is 0 Å². The number of hydrogen-bond acceptors (Lipinski definition) is 6. The molecule has 0 radical (unpaired) electrons. The molecular weight excluding hydrogens is 338 g/mol. The summed E-state index contributed by atoms with van der Waals surface area (Å²) < 4.78 is 10.4. The van der Waals surface area contributed by atoms with E-state index in [1.807, 2.05) is 0 Å². The first-order chi connectivity index (χ1) is 11.8. The van der Waals surface area contributed by atoms with Gasteiger partial charge in [-0.05, 0) is 53.2 Å². The second-order valence-electron chi connectivity index (χ2n) is 7.98. The van der Waals surface area contributed by atoms with Crippen molar-refractivity contribution in [1.82, 2.24) is 5.32 Å². The summed E-state index contributed by atoms with van der Waals surface area (Å²) in [5, 5.41) is 23.0. The standard InChI is InChI=1S/C19H29NO6/c1-18(2,3)25-16(23)13-10-8-7-9-12(13)15(22)14(21)11-20-17(24)26-19(4,5)6/h7-10,14-15,21-22H,11H2,1-6H3,(H,20,24). The van der Waals surface area contributed by atoms with Crippen LogP contribution in [0.1, 0.15) is 63.6 Å². The van der Waals surface area contributed by atoms with Crippen LogP contribution in [0.3, 0.4) is 0 Å². The van der Waals surface area contributed by atoms with Gasteiger partial charge in [0.25, 0.3) is 0 Å². The van der Waals surface area contributed by atoms with Crippen LogP contribution in [0.4, 0.5) is 4.79 Å². The molecule has 0 aromatic heterocycles. The van der Waals surface area contributed by atoms with Crippen LogP contribution in [0.25, 0.3) is 0 Å². The molecule has 0 aliphatic carbocycles. The lowest BCUT2D eigenvalue weighted by molar-refractivity contribution is 0.00203. The van der Waals surface area contributed by atoms with Crippen LogP contribution in [-0.4, -0.2) is 46.1 Å². The van der Waals surface area contributed by atoms with Crippen LogP contribution >= 0.6 is 0 Å². The molecule has 0 aliphatic heterocycles. The lowest BCUT2D eigenvalue weighted by atomic mass is 9.98. The lowest BCUT2D eigenvalue weighted by Gasteiger charge is -2.24. The average molecular weight is 367 g/mol. The molecule has 2 atom stereocenters. The third-order valence-corrected chi connectivity index (χ3v) is 3.12. The molecule has 1 amide bonds. The highest BCUT2D eigenvalue weighted by molar-refractivity contribution is 5.91. The molecule has 26 heavy (non-hydrogen) atoms. The van der Waals surface area contributed by atoms with Gasteiger partial charge in [0.15, 0.2) is 0 Å². The molecule has 2 unspecified atom stereocenters. The summed E-state index contributed by atoms with van der Waals surface area (Å²) in [5.41, 5.74) is -0.977. The van der Waals surface area contributed by atoms with E-state index < -0.39 is 35.5 Å². The van der Waals surface area contributed by atoms with Crippen LogP contribution in [0, 0.1) is 0 Å². The summed E-state index contributed by atoms with van der Waals surface area (Å²) in [6, 6.07) is 6.32. The van der Waals surface area contributed by atoms with Crippen molar-refractivity contribution in [3.8, 4) is 0 Å². The maximum absolute atomic E-state index is 12.3. The van der Waals surface area contributed by atoms with Crippen LogP contribution < -0.4 is 5.32 Å². The monoisotopic (exact) mass is 367 g/mol. The highest BCUT2D eigenvalue weighted by Crippen LogP contribution is 2.23. The van der Waals surface area contributed by atoms with E-state index in [0.29, 0.717) is 0 Å². The molecule has 0 heterocycles. The average Bonchev–Trinajstić information content (AvgIpc) is 2.48. The van der Waals surface area contributed by atoms with Crippen molar-refractivity contribution in [2.75, 3.05) is 6.54 Å². The Morgan fingerprint density at radius 2 is 1.54 bits per heavy atom. The molecule has 3 N–H and O–H groups in total. The van der Waals surface area contributed by atoms with Crippen LogP contribution in [0.15, 0.2) is 24.3 Å². The predicted octanol–water partition coefficient (Wildman–Crippen LogP) is 2.56. The minimum absolute atomic E-state index is 0.159. The van der Waals surface area contributed by atoms with Gasteiger partial charge in [0.2, 0.25) is 0 Å². The van der Waals surface area contributed by atoms with Crippen molar-refractivity contribution in [3.63, 3.8) is 0 Å². The number of rotatable bonds is 5. The Bertz CT molecular complexity index is 630. The number of aliphatic hydroxyl groups is 2. The van der Waals surface area contributed by atoms with E-state index >= 15 is 0 Å². The van der Waals surface area contributed by atoms with Gasteiger partial charge in [0, 0.05) is 6.54 Å². The molecule has 7 nitrogen and oxygen atoms in total. The zero-order valence-electron chi connectivity index (χ0n) is 16.2. The van der Waals surface area contributed by atoms with E-state index in [1.165, 1.54) is 12.1 Å². The van der Waals surface area contributed by atoms with Crippen molar-refractivity contribution in [3.05, 3.63) is 35.4 Å². The molecule has 0 saturated carbocycles. The first-order valence-electron chi connectivity index (χ1n) is 8.45.